The molecule has 6 nitrogen and oxygen atoms in total. The second kappa shape index (κ2) is 6.24. The van der Waals surface area contributed by atoms with Crippen molar-refractivity contribution in [2.45, 2.75) is 6.42 Å². The Labute approximate surface area is 102 Å². The number of halogens is 1. The van der Waals surface area contributed by atoms with Gasteiger partial charge in [-0.3, -0.25) is 10.1 Å². The zero-order chi connectivity index (χ0) is 12.6. The first-order valence-electron chi connectivity index (χ1n) is 5.14. The van der Waals surface area contributed by atoms with E-state index >= 15 is 0 Å². The molecule has 1 N–H and O–H groups in total. The van der Waals surface area contributed by atoms with E-state index in [9.17, 15) is 4.39 Å². The van der Waals surface area contributed by atoms with Crippen molar-refractivity contribution < 1.29 is 8.81 Å². The van der Waals surface area contributed by atoms with Crippen LogP contribution >= 0.6 is 0 Å². The number of aromatic nitrogens is 5. The number of hydrogen-bond acceptors (Lipinski definition) is 5. The summed E-state index contributed by atoms with van der Waals surface area (Å²) in [5.74, 6) is 0.119. The molecule has 0 saturated carbocycles. The molecule has 18 heavy (non-hydrogen) atoms. The van der Waals surface area contributed by atoms with Crippen molar-refractivity contribution >= 4 is 0 Å². The molecule has 0 aliphatic rings. The van der Waals surface area contributed by atoms with Crippen molar-refractivity contribution in [3.63, 3.8) is 0 Å². The van der Waals surface area contributed by atoms with Gasteiger partial charge >= 0.3 is 0 Å². The van der Waals surface area contributed by atoms with Crippen LogP contribution in [-0.4, -0.2) is 25.4 Å². The van der Waals surface area contributed by atoms with Crippen molar-refractivity contribution in [3.05, 3.63) is 60.6 Å². The quantitative estimate of drug-likeness (QED) is 0.744. The van der Waals surface area contributed by atoms with Gasteiger partial charge in [0.15, 0.2) is 0 Å². The Morgan fingerprint density at radius 3 is 2.78 bits per heavy atom. The predicted octanol–water partition coefficient (Wildman–Crippen LogP) is 1.60. The standard InChI is InChI=1S/C8H6FN3O.C3H4N2/c9-6-1-2-7(10-4-6)3-8-12-11-5-13-8;1-2-4-5-3-1/h1-2,4-5H,3H2;1-3H,(H,4,5). The predicted molar refractivity (Wildman–Crippen MR) is 59.9 cm³/mol. The van der Waals surface area contributed by atoms with Crippen LogP contribution in [0.2, 0.25) is 0 Å². The van der Waals surface area contributed by atoms with Crippen molar-refractivity contribution in [1.82, 2.24) is 25.4 Å². The van der Waals surface area contributed by atoms with E-state index in [0.29, 0.717) is 18.0 Å². The van der Waals surface area contributed by atoms with Crippen molar-refractivity contribution in [2.75, 3.05) is 0 Å². The number of rotatable bonds is 2. The van der Waals surface area contributed by atoms with Gasteiger partial charge in [-0.05, 0) is 18.2 Å². The molecule has 0 aliphatic carbocycles. The maximum Gasteiger partial charge on any atom is 0.222 e. The Hall–Kier alpha value is -2.57. The second-order valence-corrected chi connectivity index (χ2v) is 3.24. The molecule has 0 atom stereocenters. The highest BCUT2D eigenvalue weighted by molar-refractivity contribution is 5.08. The first kappa shape index (κ1) is 11.9. The van der Waals surface area contributed by atoms with Crippen LogP contribution in [0.3, 0.4) is 0 Å². The average Bonchev–Trinajstić information content (AvgIpc) is 3.07. The van der Waals surface area contributed by atoms with Gasteiger partial charge in [-0.2, -0.15) is 5.10 Å². The first-order valence-corrected chi connectivity index (χ1v) is 5.14. The van der Waals surface area contributed by atoms with Gasteiger partial charge < -0.3 is 4.42 Å². The Kier molecular flexibility index (Phi) is 4.12. The summed E-state index contributed by atoms with van der Waals surface area (Å²) in [4.78, 5) is 3.85. The van der Waals surface area contributed by atoms with E-state index < -0.39 is 0 Å². The van der Waals surface area contributed by atoms with Crippen molar-refractivity contribution in [2.24, 2.45) is 0 Å². The van der Waals surface area contributed by atoms with Crippen LogP contribution in [-0.2, 0) is 6.42 Å². The average molecular weight is 247 g/mol. The number of aromatic amines is 1. The molecule has 3 aromatic heterocycles. The molecule has 0 unspecified atom stereocenters. The highest BCUT2D eigenvalue weighted by Gasteiger charge is 2.01. The minimum absolute atomic E-state index is 0.353. The molecule has 0 bridgehead atoms. The Morgan fingerprint density at radius 2 is 2.28 bits per heavy atom. The molecular formula is C11H10FN5O. The van der Waals surface area contributed by atoms with E-state index in [2.05, 4.69) is 25.4 Å². The van der Waals surface area contributed by atoms with E-state index in [0.717, 1.165) is 6.20 Å². The summed E-state index contributed by atoms with van der Waals surface area (Å²) in [6.07, 6.45) is 6.30. The first-order chi connectivity index (χ1) is 8.84. The maximum absolute atomic E-state index is 12.5. The number of H-pyrrole nitrogens is 1. The monoisotopic (exact) mass is 247 g/mol. The summed E-state index contributed by atoms with van der Waals surface area (Å²) in [5.41, 5.74) is 0.700. The van der Waals surface area contributed by atoms with Gasteiger partial charge in [0.05, 0.1) is 12.6 Å². The van der Waals surface area contributed by atoms with Crippen LogP contribution in [0.15, 0.2) is 47.6 Å². The fourth-order valence-corrected chi connectivity index (χ4v) is 1.15. The summed E-state index contributed by atoms with van der Waals surface area (Å²) in [7, 11) is 0. The maximum atomic E-state index is 12.5. The molecule has 0 aromatic carbocycles. The second-order valence-electron chi connectivity index (χ2n) is 3.24. The number of nitrogens with one attached hydrogen (secondary N) is 1. The zero-order valence-corrected chi connectivity index (χ0v) is 9.32. The van der Waals surface area contributed by atoms with Crippen LogP contribution < -0.4 is 0 Å². The SMILES string of the molecule is Fc1ccc(Cc2nnco2)nc1.c1cn[nH]c1. The summed E-state index contributed by atoms with van der Waals surface area (Å²) in [6, 6.07) is 4.76. The molecule has 0 fully saturated rings. The van der Waals surface area contributed by atoms with Crippen molar-refractivity contribution in [1.29, 1.82) is 0 Å². The normalized spacial score (nSPS) is 9.61. The Bertz CT molecular complexity index is 518. The number of pyridine rings is 1. The topological polar surface area (TPSA) is 80.5 Å². The summed E-state index contributed by atoms with van der Waals surface area (Å²) < 4.78 is 17.4. The van der Waals surface area contributed by atoms with Gasteiger partial charge in [0.25, 0.3) is 0 Å². The molecule has 0 amide bonds. The van der Waals surface area contributed by atoms with Gasteiger partial charge in [-0.1, -0.05) is 0 Å². The summed E-state index contributed by atoms with van der Waals surface area (Å²) in [6.45, 7) is 0. The molecule has 0 aliphatic heterocycles. The Morgan fingerprint density at radius 1 is 1.33 bits per heavy atom. The largest absolute Gasteiger partial charge is 0.428 e. The minimum Gasteiger partial charge on any atom is -0.428 e. The van der Waals surface area contributed by atoms with Crippen LogP contribution in [0.4, 0.5) is 4.39 Å². The highest BCUT2D eigenvalue weighted by Crippen LogP contribution is 2.04. The highest BCUT2D eigenvalue weighted by atomic mass is 19.1. The molecule has 3 heterocycles. The lowest BCUT2D eigenvalue weighted by atomic mass is 10.3. The third-order valence-corrected chi connectivity index (χ3v) is 1.93. The van der Waals surface area contributed by atoms with E-state index in [1.165, 1.54) is 12.5 Å². The Balaban J connectivity index is 0.000000202. The number of hydrogen-bond donors (Lipinski definition) is 1. The lowest BCUT2D eigenvalue weighted by Crippen LogP contribution is -1.92. The molecule has 92 valence electrons. The third-order valence-electron chi connectivity index (χ3n) is 1.93. The molecule has 7 heteroatoms. The van der Waals surface area contributed by atoms with E-state index in [1.54, 1.807) is 18.5 Å². The zero-order valence-electron chi connectivity index (χ0n) is 9.32. The molecule has 0 saturated heterocycles. The summed E-state index contributed by atoms with van der Waals surface area (Å²) in [5, 5.41) is 13.4. The lowest BCUT2D eigenvalue weighted by Gasteiger charge is -1.94. The van der Waals surface area contributed by atoms with Gasteiger partial charge in [0, 0.05) is 18.1 Å². The van der Waals surface area contributed by atoms with Crippen LogP contribution in [0.1, 0.15) is 11.6 Å². The van der Waals surface area contributed by atoms with E-state index in [4.69, 9.17) is 4.42 Å². The van der Waals surface area contributed by atoms with E-state index in [-0.39, 0.29) is 5.82 Å². The fourth-order valence-electron chi connectivity index (χ4n) is 1.15. The van der Waals surface area contributed by atoms with Gasteiger partial charge in [0.2, 0.25) is 12.3 Å². The molecular weight excluding hydrogens is 237 g/mol. The molecule has 3 rings (SSSR count). The van der Waals surface area contributed by atoms with Gasteiger partial charge in [0.1, 0.15) is 5.82 Å². The van der Waals surface area contributed by atoms with E-state index in [1.807, 2.05) is 6.07 Å². The number of nitrogens with zero attached hydrogens (tertiary/aromatic N) is 4. The minimum atomic E-state index is -0.353. The van der Waals surface area contributed by atoms with Gasteiger partial charge in [-0.25, -0.2) is 4.39 Å². The van der Waals surface area contributed by atoms with Gasteiger partial charge in [-0.15, -0.1) is 10.2 Å². The third kappa shape index (κ3) is 3.78. The van der Waals surface area contributed by atoms with Crippen LogP contribution in [0, 0.1) is 5.82 Å². The molecule has 0 radical (unpaired) electrons. The molecule has 3 aromatic rings. The van der Waals surface area contributed by atoms with Crippen molar-refractivity contribution in [3.8, 4) is 0 Å². The van der Waals surface area contributed by atoms with Crippen LogP contribution in [0.5, 0.6) is 0 Å². The van der Waals surface area contributed by atoms with Crippen LogP contribution in [0.25, 0.3) is 0 Å². The fraction of sp³-hybridized carbons (Fsp3) is 0.0909. The lowest BCUT2D eigenvalue weighted by molar-refractivity contribution is 0.502. The smallest absolute Gasteiger partial charge is 0.222 e. The summed E-state index contributed by atoms with van der Waals surface area (Å²) >= 11 is 0. The molecule has 0 spiro atoms.